The molecule has 0 atom stereocenters. The number of aromatic nitrogens is 3. The number of likely N-dealkylation sites (tertiary alicyclic amines) is 1. The van der Waals surface area contributed by atoms with Gasteiger partial charge in [-0.05, 0) is 74.2 Å². The van der Waals surface area contributed by atoms with Crippen LogP contribution >= 0.6 is 11.6 Å². The van der Waals surface area contributed by atoms with Gasteiger partial charge in [-0.3, -0.25) is 4.79 Å². The smallest absolute Gasteiger partial charge is 0.303 e. The first-order chi connectivity index (χ1) is 16.8. The summed E-state index contributed by atoms with van der Waals surface area (Å²) < 4.78 is 16.4. The standard InChI is InChI=1S/C27H32ClFN4O2/c1-19(2)16-23(34)18-26-30-33(27(35)32(26)22-10-11-25(29)24(28)17-22)21-8-6-20(7-9-21)12-15-31-13-4-3-5-14-31/h6-11,17,19H,3-5,12-16,18H2,1-2H3. The van der Waals surface area contributed by atoms with E-state index in [4.69, 9.17) is 11.6 Å². The fraction of sp³-hybridized carbons (Fsp3) is 0.444. The Morgan fingerprint density at radius 3 is 2.40 bits per heavy atom. The minimum Gasteiger partial charge on any atom is -0.303 e. The van der Waals surface area contributed by atoms with Gasteiger partial charge in [-0.15, -0.1) is 5.10 Å². The molecule has 0 unspecified atom stereocenters. The highest BCUT2D eigenvalue weighted by atomic mass is 35.5. The molecule has 186 valence electrons. The molecule has 8 heteroatoms. The van der Waals surface area contributed by atoms with Crippen molar-refractivity contribution in [3.05, 3.63) is 75.2 Å². The molecule has 0 aliphatic carbocycles. The van der Waals surface area contributed by atoms with Gasteiger partial charge >= 0.3 is 5.69 Å². The first kappa shape index (κ1) is 25.3. The van der Waals surface area contributed by atoms with E-state index in [-0.39, 0.29) is 23.1 Å². The van der Waals surface area contributed by atoms with Gasteiger partial charge in [-0.2, -0.15) is 4.68 Å². The number of benzene rings is 2. The summed E-state index contributed by atoms with van der Waals surface area (Å²) in [5, 5.41) is 4.41. The first-order valence-corrected chi connectivity index (χ1v) is 12.7. The Bertz CT molecular complexity index is 1230. The molecule has 0 spiro atoms. The van der Waals surface area contributed by atoms with Crippen LogP contribution < -0.4 is 5.69 Å². The highest BCUT2D eigenvalue weighted by Gasteiger charge is 2.20. The summed E-state index contributed by atoms with van der Waals surface area (Å²) in [5.74, 6) is -0.0897. The van der Waals surface area contributed by atoms with Crippen molar-refractivity contribution in [3.8, 4) is 11.4 Å². The summed E-state index contributed by atoms with van der Waals surface area (Å²) >= 11 is 5.98. The zero-order valence-electron chi connectivity index (χ0n) is 20.3. The summed E-state index contributed by atoms with van der Waals surface area (Å²) in [6.07, 6.45) is 5.20. The normalized spacial score (nSPS) is 14.5. The fourth-order valence-electron chi connectivity index (χ4n) is 4.55. The van der Waals surface area contributed by atoms with Crippen LogP contribution in [-0.2, 0) is 17.6 Å². The second-order valence-corrected chi connectivity index (χ2v) is 10.1. The van der Waals surface area contributed by atoms with Crippen molar-refractivity contribution in [3.63, 3.8) is 0 Å². The summed E-state index contributed by atoms with van der Waals surface area (Å²) in [4.78, 5) is 28.5. The predicted octanol–water partition coefficient (Wildman–Crippen LogP) is 5.00. The summed E-state index contributed by atoms with van der Waals surface area (Å²) in [6, 6.07) is 11.8. The second-order valence-electron chi connectivity index (χ2n) is 9.68. The van der Waals surface area contributed by atoms with Gasteiger partial charge in [0.2, 0.25) is 0 Å². The third kappa shape index (κ3) is 6.27. The van der Waals surface area contributed by atoms with E-state index in [1.807, 2.05) is 38.1 Å². The van der Waals surface area contributed by atoms with Crippen LogP contribution in [0, 0.1) is 11.7 Å². The maximum atomic E-state index is 13.8. The van der Waals surface area contributed by atoms with Gasteiger partial charge in [0.15, 0.2) is 0 Å². The molecular formula is C27H32ClFN4O2. The molecule has 3 aromatic rings. The van der Waals surface area contributed by atoms with Gasteiger partial charge in [0.1, 0.15) is 17.4 Å². The average molecular weight is 499 g/mol. The molecule has 2 heterocycles. The Kier molecular flexibility index (Phi) is 8.19. The lowest BCUT2D eigenvalue weighted by atomic mass is 10.1. The van der Waals surface area contributed by atoms with E-state index in [0.29, 0.717) is 23.6 Å². The van der Waals surface area contributed by atoms with Gasteiger partial charge in [0, 0.05) is 13.0 Å². The zero-order chi connectivity index (χ0) is 24.9. The largest absolute Gasteiger partial charge is 0.355 e. The topological polar surface area (TPSA) is 60.1 Å². The summed E-state index contributed by atoms with van der Waals surface area (Å²) in [6.45, 7) is 7.29. The van der Waals surface area contributed by atoms with Crippen LogP contribution in [0.5, 0.6) is 0 Å². The lowest BCUT2D eigenvalue weighted by Crippen LogP contribution is -2.31. The number of Topliss-reactive ketones (excluding diaryl/α,β-unsaturated/α-hetero) is 1. The Morgan fingerprint density at radius 1 is 1.06 bits per heavy atom. The van der Waals surface area contributed by atoms with E-state index in [9.17, 15) is 14.0 Å². The third-order valence-electron chi connectivity index (χ3n) is 6.34. The maximum Gasteiger partial charge on any atom is 0.355 e. The minimum atomic E-state index is -0.576. The van der Waals surface area contributed by atoms with Crippen LogP contribution in [0.15, 0.2) is 47.3 Å². The van der Waals surface area contributed by atoms with Gasteiger partial charge in [0.05, 0.1) is 22.8 Å². The summed E-state index contributed by atoms with van der Waals surface area (Å²) in [7, 11) is 0. The van der Waals surface area contributed by atoms with Crippen molar-refractivity contribution in [1.82, 2.24) is 19.2 Å². The molecule has 0 radical (unpaired) electrons. The van der Waals surface area contributed by atoms with Crippen molar-refractivity contribution in [2.45, 2.75) is 52.4 Å². The first-order valence-electron chi connectivity index (χ1n) is 12.3. The molecule has 1 fully saturated rings. The highest BCUT2D eigenvalue weighted by Crippen LogP contribution is 2.20. The third-order valence-corrected chi connectivity index (χ3v) is 6.63. The molecule has 1 aromatic heterocycles. The molecule has 1 aliphatic rings. The SMILES string of the molecule is CC(C)CC(=O)Cc1nn(-c2ccc(CCN3CCCCC3)cc2)c(=O)n1-c1ccc(F)c(Cl)c1. The van der Waals surface area contributed by atoms with E-state index in [0.717, 1.165) is 26.1 Å². The van der Waals surface area contributed by atoms with Crippen LogP contribution in [-0.4, -0.2) is 44.7 Å². The number of nitrogens with zero attached hydrogens (tertiary/aromatic N) is 4. The summed E-state index contributed by atoms with van der Waals surface area (Å²) in [5.41, 5.74) is 1.75. The van der Waals surface area contributed by atoms with Crippen LogP contribution in [0.1, 0.15) is 50.9 Å². The number of carbonyl (C=O) groups is 1. The van der Waals surface area contributed by atoms with Crippen LogP contribution in [0.2, 0.25) is 5.02 Å². The highest BCUT2D eigenvalue weighted by molar-refractivity contribution is 6.30. The second kappa shape index (κ2) is 11.3. The van der Waals surface area contributed by atoms with E-state index < -0.39 is 11.5 Å². The van der Waals surface area contributed by atoms with Gasteiger partial charge < -0.3 is 4.90 Å². The number of ketones is 1. The average Bonchev–Trinajstić information content (AvgIpc) is 3.15. The van der Waals surface area contributed by atoms with Crippen molar-refractivity contribution in [2.24, 2.45) is 5.92 Å². The number of carbonyl (C=O) groups excluding carboxylic acids is 1. The molecule has 4 rings (SSSR count). The van der Waals surface area contributed by atoms with Crippen LogP contribution in [0.3, 0.4) is 0 Å². The molecular weight excluding hydrogens is 467 g/mol. The van der Waals surface area contributed by atoms with Gasteiger partial charge in [-0.1, -0.05) is 44.0 Å². The van der Waals surface area contributed by atoms with Gasteiger partial charge in [0.25, 0.3) is 0 Å². The van der Waals surface area contributed by atoms with E-state index in [2.05, 4.69) is 10.00 Å². The van der Waals surface area contributed by atoms with E-state index in [1.165, 1.54) is 52.3 Å². The molecule has 1 saturated heterocycles. The number of piperidine rings is 1. The van der Waals surface area contributed by atoms with E-state index in [1.54, 1.807) is 0 Å². The Morgan fingerprint density at radius 2 is 1.74 bits per heavy atom. The van der Waals surface area contributed by atoms with Gasteiger partial charge in [-0.25, -0.2) is 13.8 Å². The maximum absolute atomic E-state index is 13.8. The molecule has 2 aromatic carbocycles. The molecule has 0 N–H and O–H groups in total. The number of hydrogen-bond acceptors (Lipinski definition) is 4. The van der Waals surface area contributed by atoms with E-state index >= 15 is 0 Å². The molecule has 0 bridgehead atoms. The van der Waals surface area contributed by atoms with Crippen molar-refractivity contribution in [1.29, 1.82) is 0 Å². The minimum absolute atomic E-state index is 0.00331. The molecule has 6 nitrogen and oxygen atoms in total. The Hall–Kier alpha value is -2.77. The Balaban J connectivity index is 1.62. The number of rotatable bonds is 9. The lowest BCUT2D eigenvalue weighted by Gasteiger charge is -2.26. The molecule has 0 saturated carbocycles. The van der Waals surface area contributed by atoms with Crippen molar-refractivity contribution in [2.75, 3.05) is 19.6 Å². The molecule has 0 amide bonds. The number of hydrogen-bond donors (Lipinski definition) is 0. The molecule has 35 heavy (non-hydrogen) atoms. The lowest BCUT2D eigenvalue weighted by molar-refractivity contribution is -0.119. The van der Waals surface area contributed by atoms with Crippen molar-refractivity contribution < 1.29 is 9.18 Å². The van der Waals surface area contributed by atoms with Crippen LogP contribution in [0.25, 0.3) is 11.4 Å². The predicted molar refractivity (Wildman–Crippen MR) is 136 cm³/mol. The zero-order valence-corrected chi connectivity index (χ0v) is 21.1. The number of halogens is 2. The van der Waals surface area contributed by atoms with Crippen molar-refractivity contribution >= 4 is 17.4 Å². The quantitative estimate of drug-likeness (QED) is 0.416. The molecule has 1 aliphatic heterocycles. The van der Waals surface area contributed by atoms with Crippen LogP contribution in [0.4, 0.5) is 4.39 Å². The fourth-order valence-corrected chi connectivity index (χ4v) is 4.73. The monoisotopic (exact) mass is 498 g/mol. The Labute approximate surface area is 210 Å².